The van der Waals surface area contributed by atoms with Gasteiger partial charge in [-0.3, -0.25) is 0 Å². The van der Waals surface area contributed by atoms with Crippen LogP contribution in [0.4, 0.5) is 0 Å². The van der Waals surface area contributed by atoms with Gasteiger partial charge < -0.3 is 9.15 Å². The van der Waals surface area contributed by atoms with Crippen molar-refractivity contribution in [1.82, 2.24) is 10.2 Å². The number of hydrogen-bond acceptors (Lipinski definition) is 5. The van der Waals surface area contributed by atoms with E-state index in [1.807, 2.05) is 60.7 Å². The second-order valence-corrected chi connectivity index (χ2v) is 4.72. The molecule has 3 rings (SSSR count). The third-order valence-corrected chi connectivity index (χ3v) is 3.04. The first-order valence-corrected chi connectivity index (χ1v) is 7.09. The summed E-state index contributed by atoms with van der Waals surface area (Å²) < 4.78 is 10.5. The average Bonchev–Trinajstić information content (AvgIpc) is 3.09. The summed E-state index contributed by atoms with van der Waals surface area (Å²) in [4.78, 5) is 11.7. The lowest BCUT2D eigenvalue weighted by Gasteiger charge is -1.97. The summed E-state index contributed by atoms with van der Waals surface area (Å²) >= 11 is 0. The average molecular weight is 306 g/mol. The van der Waals surface area contributed by atoms with Crippen molar-refractivity contribution in [3.63, 3.8) is 0 Å². The smallest absolute Gasteiger partial charge is 0.331 e. The van der Waals surface area contributed by atoms with Crippen molar-refractivity contribution >= 4 is 12.0 Å². The normalized spacial score (nSPS) is 10.8. The van der Waals surface area contributed by atoms with Crippen molar-refractivity contribution in [2.45, 2.75) is 6.61 Å². The van der Waals surface area contributed by atoms with Crippen LogP contribution in [0.15, 0.2) is 71.2 Å². The molecule has 0 spiro atoms. The van der Waals surface area contributed by atoms with E-state index in [4.69, 9.17) is 9.15 Å². The van der Waals surface area contributed by atoms with Crippen LogP contribution in [0.25, 0.3) is 17.5 Å². The molecule has 0 aliphatic rings. The number of carbonyl (C=O) groups is 1. The Morgan fingerprint density at radius 2 is 1.70 bits per heavy atom. The van der Waals surface area contributed by atoms with Gasteiger partial charge in [0.05, 0.1) is 0 Å². The molecule has 23 heavy (non-hydrogen) atoms. The van der Waals surface area contributed by atoms with Gasteiger partial charge in [-0.25, -0.2) is 4.79 Å². The second-order valence-electron chi connectivity index (χ2n) is 4.72. The Bertz CT molecular complexity index is 795. The van der Waals surface area contributed by atoms with Crippen LogP contribution >= 0.6 is 0 Å². The van der Waals surface area contributed by atoms with E-state index in [0.29, 0.717) is 5.89 Å². The number of benzene rings is 2. The van der Waals surface area contributed by atoms with Crippen LogP contribution < -0.4 is 0 Å². The first kappa shape index (κ1) is 14.7. The summed E-state index contributed by atoms with van der Waals surface area (Å²) in [6.07, 6.45) is 3.05. The van der Waals surface area contributed by atoms with Gasteiger partial charge in [-0.05, 0) is 23.8 Å². The molecule has 114 valence electrons. The maximum atomic E-state index is 11.7. The number of ether oxygens (including phenoxy) is 1. The topological polar surface area (TPSA) is 65.2 Å². The zero-order valence-electron chi connectivity index (χ0n) is 12.3. The highest BCUT2D eigenvalue weighted by Gasteiger charge is 2.09. The van der Waals surface area contributed by atoms with Crippen LogP contribution in [0.2, 0.25) is 0 Å². The van der Waals surface area contributed by atoms with E-state index in [1.54, 1.807) is 6.08 Å². The summed E-state index contributed by atoms with van der Waals surface area (Å²) in [5.41, 5.74) is 1.75. The molecule has 0 aliphatic carbocycles. The lowest BCUT2D eigenvalue weighted by Crippen LogP contribution is -2.00. The molecule has 5 nitrogen and oxygen atoms in total. The van der Waals surface area contributed by atoms with Crippen molar-refractivity contribution in [1.29, 1.82) is 0 Å². The van der Waals surface area contributed by atoms with Gasteiger partial charge >= 0.3 is 5.97 Å². The summed E-state index contributed by atoms with van der Waals surface area (Å²) in [6.45, 7) is -0.0577. The number of rotatable bonds is 5. The quantitative estimate of drug-likeness (QED) is 0.533. The zero-order valence-corrected chi connectivity index (χ0v) is 12.3. The minimum atomic E-state index is -0.465. The first-order chi connectivity index (χ1) is 11.3. The maximum absolute atomic E-state index is 11.7. The van der Waals surface area contributed by atoms with E-state index in [-0.39, 0.29) is 12.5 Å². The fourth-order valence-electron chi connectivity index (χ4n) is 1.92. The molecule has 5 heteroatoms. The molecule has 0 atom stereocenters. The minimum Gasteiger partial charge on any atom is -0.452 e. The number of esters is 1. The standard InChI is InChI=1S/C18H14N2O3/c21-17(12-11-14-7-3-1-4-8-14)22-13-16-19-20-18(23-16)15-9-5-2-6-10-15/h1-12H,13H2/b12-11+. The molecule has 3 aromatic rings. The van der Waals surface area contributed by atoms with Crippen molar-refractivity contribution < 1.29 is 13.9 Å². The Morgan fingerprint density at radius 3 is 2.43 bits per heavy atom. The zero-order chi connectivity index (χ0) is 15.9. The van der Waals surface area contributed by atoms with Crippen LogP contribution in [0.5, 0.6) is 0 Å². The molecule has 1 aromatic heterocycles. The molecular weight excluding hydrogens is 292 g/mol. The molecule has 0 saturated heterocycles. The fourth-order valence-corrected chi connectivity index (χ4v) is 1.92. The van der Waals surface area contributed by atoms with E-state index < -0.39 is 5.97 Å². The lowest BCUT2D eigenvalue weighted by molar-refractivity contribution is -0.139. The maximum Gasteiger partial charge on any atom is 0.331 e. The number of hydrogen-bond donors (Lipinski definition) is 0. The molecule has 0 saturated carbocycles. The Balaban J connectivity index is 1.55. The predicted molar refractivity (Wildman–Crippen MR) is 85.0 cm³/mol. The van der Waals surface area contributed by atoms with Gasteiger partial charge in [-0.2, -0.15) is 0 Å². The Labute approximate surface area is 133 Å². The SMILES string of the molecule is O=C(/C=C/c1ccccc1)OCc1nnc(-c2ccccc2)o1. The van der Waals surface area contributed by atoms with Gasteiger partial charge in [0, 0.05) is 11.6 Å². The van der Waals surface area contributed by atoms with Gasteiger partial charge in [0.25, 0.3) is 5.89 Å². The van der Waals surface area contributed by atoms with Crippen LogP contribution in [0.1, 0.15) is 11.5 Å². The van der Waals surface area contributed by atoms with Gasteiger partial charge in [-0.15, -0.1) is 10.2 Å². The molecule has 0 unspecified atom stereocenters. The molecule has 0 fully saturated rings. The predicted octanol–water partition coefficient (Wildman–Crippen LogP) is 3.49. The van der Waals surface area contributed by atoms with E-state index >= 15 is 0 Å². The van der Waals surface area contributed by atoms with Crippen molar-refractivity contribution in [3.8, 4) is 11.5 Å². The van der Waals surface area contributed by atoms with E-state index in [2.05, 4.69) is 10.2 Å². The van der Waals surface area contributed by atoms with Gasteiger partial charge in [0.15, 0.2) is 6.61 Å². The first-order valence-electron chi connectivity index (χ1n) is 7.09. The van der Waals surface area contributed by atoms with E-state index in [9.17, 15) is 4.79 Å². The monoisotopic (exact) mass is 306 g/mol. The van der Waals surface area contributed by atoms with Crippen LogP contribution in [0, 0.1) is 0 Å². The van der Waals surface area contributed by atoms with E-state index in [1.165, 1.54) is 6.08 Å². The van der Waals surface area contributed by atoms with Crippen LogP contribution in [-0.2, 0) is 16.1 Å². The summed E-state index contributed by atoms with van der Waals surface area (Å²) in [7, 11) is 0. The summed E-state index contributed by atoms with van der Waals surface area (Å²) in [5, 5.41) is 7.80. The van der Waals surface area contributed by atoms with Gasteiger partial charge in [0.1, 0.15) is 0 Å². The molecule has 0 N–H and O–H groups in total. The fraction of sp³-hybridized carbons (Fsp3) is 0.0556. The molecule has 1 heterocycles. The highest BCUT2D eigenvalue weighted by Crippen LogP contribution is 2.17. The van der Waals surface area contributed by atoms with Crippen molar-refractivity contribution in [2.75, 3.05) is 0 Å². The number of nitrogens with zero attached hydrogens (tertiary/aromatic N) is 2. The molecule has 0 aliphatic heterocycles. The molecule has 0 bridgehead atoms. The third-order valence-electron chi connectivity index (χ3n) is 3.04. The Morgan fingerprint density at radius 1 is 1.00 bits per heavy atom. The van der Waals surface area contributed by atoms with Crippen molar-refractivity contribution in [3.05, 3.63) is 78.2 Å². The largest absolute Gasteiger partial charge is 0.452 e. The lowest BCUT2D eigenvalue weighted by atomic mass is 10.2. The third kappa shape index (κ3) is 4.14. The van der Waals surface area contributed by atoms with E-state index in [0.717, 1.165) is 11.1 Å². The Hall–Kier alpha value is -3.21. The molecule has 2 aromatic carbocycles. The summed E-state index contributed by atoms with van der Waals surface area (Å²) in [5.74, 6) is 0.190. The van der Waals surface area contributed by atoms with Crippen LogP contribution in [0.3, 0.4) is 0 Å². The second kappa shape index (κ2) is 7.17. The van der Waals surface area contributed by atoms with Crippen molar-refractivity contribution in [2.24, 2.45) is 0 Å². The Kier molecular flexibility index (Phi) is 4.59. The highest BCUT2D eigenvalue weighted by molar-refractivity contribution is 5.86. The highest BCUT2D eigenvalue weighted by atomic mass is 16.5. The minimum absolute atomic E-state index is 0.0577. The van der Waals surface area contributed by atoms with Gasteiger partial charge in [-0.1, -0.05) is 48.5 Å². The number of carbonyl (C=O) groups excluding carboxylic acids is 1. The molecular formula is C18H14N2O3. The van der Waals surface area contributed by atoms with Crippen LogP contribution in [-0.4, -0.2) is 16.2 Å². The number of aromatic nitrogens is 2. The molecule has 0 amide bonds. The summed E-state index contributed by atoms with van der Waals surface area (Å²) in [6, 6.07) is 18.9. The molecule has 0 radical (unpaired) electrons. The van der Waals surface area contributed by atoms with Gasteiger partial charge in [0.2, 0.25) is 5.89 Å².